The number of benzene rings is 9. The number of para-hydroxylation sites is 7. The summed E-state index contributed by atoms with van der Waals surface area (Å²) in [4.78, 5) is 23.1. The maximum atomic E-state index is 6.36. The monoisotopic (exact) mass is 972 g/mol. The van der Waals surface area contributed by atoms with Gasteiger partial charge in [-0.25, -0.2) is 19.9 Å². The SMILES string of the molecule is C1=Cc2c(c3ccccc3n2-c2nc(-n3c4ccccc4c4ccccc43)c(-c3nc(-c4ccccc4)nc(-c4ccccc4)n3)c(-n3c4ccccc4c4ccccc43)c2-n2c3ccccc3c3ccccc32)CC1. The van der Waals surface area contributed by atoms with E-state index in [1.165, 1.54) is 10.9 Å². The molecule has 1 aliphatic rings. The summed E-state index contributed by atoms with van der Waals surface area (Å²) in [7, 11) is 0. The van der Waals surface area contributed by atoms with Gasteiger partial charge in [-0.1, -0.05) is 194 Å². The molecule has 0 amide bonds. The van der Waals surface area contributed by atoms with Crippen LogP contribution in [-0.2, 0) is 6.42 Å². The van der Waals surface area contributed by atoms with Crippen LogP contribution in [0.5, 0.6) is 0 Å². The first-order valence-electron chi connectivity index (χ1n) is 26.0. The molecule has 0 bridgehead atoms. The Morgan fingerprint density at radius 1 is 0.289 bits per heavy atom. The van der Waals surface area contributed by atoms with Gasteiger partial charge in [-0.15, -0.1) is 0 Å². The topological polar surface area (TPSA) is 71.3 Å². The fourth-order valence-corrected chi connectivity index (χ4v) is 12.3. The van der Waals surface area contributed by atoms with Gasteiger partial charge in [0, 0.05) is 48.8 Å². The van der Waals surface area contributed by atoms with Crippen LogP contribution in [0, 0.1) is 0 Å². The quantitative estimate of drug-likeness (QED) is 0.160. The lowest BCUT2D eigenvalue weighted by atomic mass is 10.0. The maximum Gasteiger partial charge on any atom is 0.170 e. The molecule has 16 rings (SSSR count). The zero-order valence-corrected chi connectivity index (χ0v) is 41.1. The van der Waals surface area contributed by atoms with Crippen molar-refractivity contribution in [3.05, 3.63) is 248 Å². The predicted octanol–water partition coefficient (Wildman–Crippen LogP) is 16.5. The maximum absolute atomic E-state index is 6.36. The van der Waals surface area contributed by atoms with E-state index in [0.717, 1.165) is 123 Å². The van der Waals surface area contributed by atoms with Gasteiger partial charge in [0.1, 0.15) is 5.69 Å². The van der Waals surface area contributed by atoms with E-state index in [-0.39, 0.29) is 0 Å². The summed E-state index contributed by atoms with van der Waals surface area (Å²) in [6.45, 7) is 0. The number of rotatable bonds is 7. The Morgan fingerprint density at radius 3 is 1.09 bits per heavy atom. The largest absolute Gasteiger partial charge is 0.306 e. The van der Waals surface area contributed by atoms with E-state index >= 15 is 0 Å². The molecule has 6 aromatic heterocycles. The molecular formula is C68H44N8. The van der Waals surface area contributed by atoms with Crippen LogP contribution >= 0.6 is 0 Å². The Hall–Kier alpha value is -10.2. The summed E-state index contributed by atoms with van der Waals surface area (Å²) >= 11 is 0. The molecule has 0 unspecified atom stereocenters. The average molecular weight is 973 g/mol. The Morgan fingerprint density at radius 2 is 0.645 bits per heavy atom. The van der Waals surface area contributed by atoms with Gasteiger partial charge in [0.05, 0.1) is 55.6 Å². The first-order valence-corrected chi connectivity index (χ1v) is 26.0. The third-order valence-corrected chi connectivity index (χ3v) is 15.5. The van der Waals surface area contributed by atoms with E-state index < -0.39 is 0 Å². The van der Waals surface area contributed by atoms with E-state index in [1.54, 1.807) is 0 Å². The molecule has 0 atom stereocenters. The number of pyridine rings is 1. The summed E-state index contributed by atoms with van der Waals surface area (Å²) in [5.41, 5.74) is 14.0. The lowest BCUT2D eigenvalue weighted by molar-refractivity contribution is 0.917. The fraction of sp³-hybridized carbons (Fsp3) is 0.0294. The minimum atomic E-state index is 0.488. The molecule has 356 valence electrons. The van der Waals surface area contributed by atoms with Gasteiger partial charge in [-0.05, 0) is 66.9 Å². The van der Waals surface area contributed by atoms with Crippen LogP contribution < -0.4 is 0 Å². The number of aromatic nitrogens is 8. The molecule has 1 aliphatic carbocycles. The Labute approximate surface area is 436 Å². The van der Waals surface area contributed by atoms with Crippen molar-refractivity contribution >= 4 is 82.4 Å². The highest BCUT2D eigenvalue weighted by molar-refractivity contribution is 6.14. The van der Waals surface area contributed by atoms with Crippen LogP contribution in [0.25, 0.3) is 140 Å². The zero-order valence-electron chi connectivity index (χ0n) is 41.1. The van der Waals surface area contributed by atoms with E-state index in [9.17, 15) is 0 Å². The summed E-state index contributed by atoms with van der Waals surface area (Å²) in [6.07, 6.45) is 6.50. The highest BCUT2D eigenvalue weighted by Crippen LogP contribution is 2.48. The molecular weight excluding hydrogens is 929 g/mol. The fourth-order valence-electron chi connectivity index (χ4n) is 12.3. The first-order chi connectivity index (χ1) is 37.8. The van der Waals surface area contributed by atoms with Crippen LogP contribution in [0.1, 0.15) is 17.7 Å². The van der Waals surface area contributed by atoms with E-state index in [4.69, 9.17) is 19.9 Å². The predicted molar refractivity (Wildman–Crippen MR) is 311 cm³/mol. The molecule has 0 saturated carbocycles. The van der Waals surface area contributed by atoms with Crippen molar-refractivity contribution in [2.75, 3.05) is 0 Å². The summed E-state index contributed by atoms with van der Waals surface area (Å²) < 4.78 is 9.74. The second-order valence-electron chi connectivity index (χ2n) is 19.6. The number of allylic oxidation sites excluding steroid dienone is 1. The van der Waals surface area contributed by atoms with Crippen LogP contribution in [-0.4, -0.2) is 38.2 Å². The molecule has 0 radical (unpaired) electrons. The number of hydrogen-bond donors (Lipinski definition) is 0. The van der Waals surface area contributed by atoms with Crippen molar-refractivity contribution in [2.24, 2.45) is 0 Å². The van der Waals surface area contributed by atoms with Gasteiger partial charge < -0.3 is 9.13 Å². The van der Waals surface area contributed by atoms with Crippen molar-refractivity contribution < 1.29 is 0 Å². The number of fused-ring (bicyclic) bond motifs is 12. The first kappa shape index (κ1) is 42.3. The molecule has 9 aromatic carbocycles. The van der Waals surface area contributed by atoms with E-state index in [1.807, 2.05) is 36.4 Å². The van der Waals surface area contributed by atoms with Gasteiger partial charge in [0.25, 0.3) is 0 Å². The second-order valence-corrected chi connectivity index (χ2v) is 19.6. The van der Waals surface area contributed by atoms with Crippen molar-refractivity contribution in [3.63, 3.8) is 0 Å². The molecule has 6 heterocycles. The standard InChI is InChI=1S/C68H44N8/c1-3-23-43(24-4-1)64-69-65(44-25-5-2-6-26-44)71-66(70-64)61-62(73-53-35-15-7-27-45(53)46-28-8-16-36-54(46)73)63(74-55-37-17-9-29-47(55)48-30-10-18-38-56(48)74)68(76-59-41-21-13-33-51(59)52-34-14-22-42-60(52)76)72-67(61)75-57-39-19-11-31-49(57)50-32-12-20-40-58(50)75/h1-13,15-33,35-42H,14,34H2. The van der Waals surface area contributed by atoms with Gasteiger partial charge in [0.15, 0.2) is 29.1 Å². The van der Waals surface area contributed by atoms with Crippen LogP contribution in [0.2, 0.25) is 0 Å². The van der Waals surface area contributed by atoms with Gasteiger partial charge in [-0.3, -0.25) is 9.13 Å². The Bertz CT molecular complexity index is 4660. The summed E-state index contributed by atoms with van der Waals surface area (Å²) in [5, 5.41) is 8.00. The smallest absolute Gasteiger partial charge is 0.170 e. The lowest BCUT2D eigenvalue weighted by Gasteiger charge is -2.27. The van der Waals surface area contributed by atoms with E-state index in [0.29, 0.717) is 23.3 Å². The molecule has 15 aromatic rings. The molecule has 0 aliphatic heterocycles. The Balaban J connectivity index is 1.23. The molecule has 0 N–H and O–H groups in total. The number of hydrogen-bond acceptors (Lipinski definition) is 4. The molecule has 0 saturated heterocycles. The van der Waals surface area contributed by atoms with Crippen molar-refractivity contribution in [3.8, 4) is 57.2 Å². The van der Waals surface area contributed by atoms with Crippen molar-refractivity contribution in [2.45, 2.75) is 12.8 Å². The molecule has 8 heteroatoms. The second kappa shape index (κ2) is 16.7. The molecule has 76 heavy (non-hydrogen) atoms. The highest BCUT2D eigenvalue weighted by Gasteiger charge is 2.34. The number of aryl methyl sites for hydroxylation is 1. The van der Waals surface area contributed by atoms with Crippen molar-refractivity contribution in [1.29, 1.82) is 0 Å². The summed E-state index contributed by atoms with van der Waals surface area (Å²) in [5.74, 6) is 3.06. The third kappa shape index (κ3) is 6.18. The molecule has 8 nitrogen and oxygen atoms in total. The van der Waals surface area contributed by atoms with Crippen LogP contribution in [0.3, 0.4) is 0 Å². The Kier molecular flexibility index (Phi) is 9.29. The number of nitrogens with zero attached hydrogens (tertiary/aromatic N) is 8. The van der Waals surface area contributed by atoms with Gasteiger partial charge in [0.2, 0.25) is 0 Å². The average Bonchev–Trinajstić information content (AvgIpc) is 4.28. The highest BCUT2D eigenvalue weighted by atomic mass is 15.2. The minimum Gasteiger partial charge on any atom is -0.306 e. The van der Waals surface area contributed by atoms with Crippen LogP contribution in [0.15, 0.2) is 237 Å². The van der Waals surface area contributed by atoms with Gasteiger partial charge >= 0.3 is 0 Å². The van der Waals surface area contributed by atoms with Gasteiger partial charge in [-0.2, -0.15) is 0 Å². The summed E-state index contributed by atoms with van der Waals surface area (Å²) in [6, 6.07) is 82.0. The lowest BCUT2D eigenvalue weighted by Crippen LogP contribution is -2.18. The molecule has 0 spiro atoms. The zero-order chi connectivity index (χ0) is 49.8. The van der Waals surface area contributed by atoms with Crippen LogP contribution in [0.4, 0.5) is 0 Å². The third-order valence-electron chi connectivity index (χ3n) is 15.5. The molecule has 0 fully saturated rings. The minimum absolute atomic E-state index is 0.488. The normalized spacial score (nSPS) is 12.6. The van der Waals surface area contributed by atoms with E-state index in [2.05, 4.69) is 225 Å². The van der Waals surface area contributed by atoms with Crippen molar-refractivity contribution in [1.82, 2.24) is 38.2 Å².